The van der Waals surface area contributed by atoms with Crippen molar-refractivity contribution in [3.05, 3.63) is 47.5 Å². The lowest BCUT2D eigenvalue weighted by Gasteiger charge is -2.25. The molecule has 128 valence electrons. The zero-order chi connectivity index (χ0) is 17.3. The second kappa shape index (κ2) is 6.39. The molecular formula is C17H21N3O3S. The van der Waals surface area contributed by atoms with Crippen molar-refractivity contribution in [1.82, 2.24) is 14.9 Å². The average Bonchev–Trinajstić information content (AvgIpc) is 2.94. The summed E-state index contributed by atoms with van der Waals surface area (Å²) in [5.74, 6) is 0.665. The number of benzene rings is 1. The number of aryl methyl sites for hydroxylation is 2. The fourth-order valence-electron chi connectivity index (χ4n) is 3.05. The van der Waals surface area contributed by atoms with Crippen molar-refractivity contribution in [1.29, 1.82) is 0 Å². The van der Waals surface area contributed by atoms with Crippen LogP contribution in [0.2, 0.25) is 0 Å². The zero-order valence-electron chi connectivity index (χ0n) is 13.8. The van der Waals surface area contributed by atoms with Gasteiger partial charge in [-0.3, -0.25) is 4.79 Å². The fourth-order valence-corrected chi connectivity index (χ4v) is 4.14. The van der Waals surface area contributed by atoms with Crippen molar-refractivity contribution in [2.45, 2.75) is 44.2 Å². The Morgan fingerprint density at radius 1 is 1.38 bits per heavy atom. The van der Waals surface area contributed by atoms with Gasteiger partial charge in [-0.15, -0.1) is 0 Å². The van der Waals surface area contributed by atoms with E-state index in [2.05, 4.69) is 14.9 Å². The Hall–Kier alpha value is -2.15. The maximum absolute atomic E-state index is 12.6. The number of nitrogens with zero attached hydrogens (tertiary/aromatic N) is 2. The van der Waals surface area contributed by atoms with Crippen LogP contribution in [-0.2, 0) is 22.8 Å². The quantitative estimate of drug-likeness (QED) is 0.913. The van der Waals surface area contributed by atoms with Crippen LogP contribution in [0.25, 0.3) is 0 Å². The smallest absolute Gasteiger partial charge is 0.252 e. The van der Waals surface area contributed by atoms with Crippen molar-refractivity contribution in [2.24, 2.45) is 0 Å². The van der Waals surface area contributed by atoms with Crippen molar-refractivity contribution >= 4 is 15.7 Å². The van der Waals surface area contributed by atoms with Crippen LogP contribution in [0.4, 0.5) is 0 Å². The van der Waals surface area contributed by atoms with Crippen LogP contribution in [0.3, 0.4) is 0 Å². The predicted molar refractivity (Wildman–Crippen MR) is 90.7 cm³/mol. The van der Waals surface area contributed by atoms with E-state index in [4.69, 9.17) is 0 Å². The van der Waals surface area contributed by atoms with E-state index in [1.165, 1.54) is 6.07 Å². The second-order valence-electron chi connectivity index (χ2n) is 6.06. The van der Waals surface area contributed by atoms with Crippen LogP contribution in [0, 0.1) is 6.92 Å². The minimum absolute atomic E-state index is 0.0294. The van der Waals surface area contributed by atoms with Crippen molar-refractivity contribution in [3.63, 3.8) is 0 Å². The molecule has 0 spiro atoms. The number of rotatable bonds is 4. The molecule has 1 aliphatic rings. The van der Waals surface area contributed by atoms with E-state index in [0.717, 1.165) is 24.4 Å². The standard InChI is InChI=1S/C17H21N3O3S/c1-3-24(22,23)15-7-5-4-6-14(15)17(21)19-13-8-9-16-18-12(2)10-20(16)11-13/h4-7,10,13H,3,8-9,11H2,1-2H3,(H,19,21). The van der Waals surface area contributed by atoms with Gasteiger partial charge in [0.1, 0.15) is 5.82 Å². The summed E-state index contributed by atoms with van der Waals surface area (Å²) in [6, 6.07) is 6.35. The van der Waals surface area contributed by atoms with Crippen LogP contribution in [-0.4, -0.2) is 35.7 Å². The molecule has 24 heavy (non-hydrogen) atoms. The molecule has 1 unspecified atom stereocenters. The Morgan fingerprint density at radius 3 is 2.88 bits per heavy atom. The van der Waals surface area contributed by atoms with E-state index in [1.54, 1.807) is 25.1 Å². The van der Waals surface area contributed by atoms with E-state index >= 15 is 0 Å². The summed E-state index contributed by atoms with van der Waals surface area (Å²) in [6.07, 6.45) is 3.57. The molecule has 0 saturated heterocycles. The summed E-state index contributed by atoms with van der Waals surface area (Å²) in [6.45, 7) is 4.18. The minimum Gasteiger partial charge on any atom is -0.347 e. The third-order valence-electron chi connectivity index (χ3n) is 4.30. The number of imidazole rings is 1. The number of nitrogens with one attached hydrogen (secondary N) is 1. The summed E-state index contributed by atoms with van der Waals surface area (Å²) >= 11 is 0. The molecule has 1 aromatic carbocycles. The molecular weight excluding hydrogens is 326 g/mol. The number of carbonyl (C=O) groups excluding carboxylic acids is 1. The van der Waals surface area contributed by atoms with Crippen molar-refractivity contribution in [3.8, 4) is 0 Å². The molecule has 7 heteroatoms. The number of aromatic nitrogens is 2. The molecule has 2 aromatic rings. The molecule has 1 N–H and O–H groups in total. The van der Waals surface area contributed by atoms with Gasteiger partial charge in [0.15, 0.2) is 9.84 Å². The first-order valence-corrected chi connectivity index (χ1v) is 9.71. The van der Waals surface area contributed by atoms with Crippen LogP contribution < -0.4 is 5.32 Å². The fraction of sp³-hybridized carbons (Fsp3) is 0.412. The molecule has 3 rings (SSSR count). The average molecular weight is 347 g/mol. The van der Waals surface area contributed by atoms with Crippen LogP contribution in [0.15, 0.2) is 35.4 Å². The molecule has 2 heterocycles. The van der Waals surface area contributed by atoms with Gasteiger partial charge in [-0.1, -0.05) is 19.1 Å². The Balaban J connectivity index is 1.80. The molecule has 1 amide bonds. The molecule has 0 aliphatic carbocycles. The predicted octanol–water partition coefficient (Wildman–Crippen LogP) is 1.73. The maximum atomic E-state index is 12.6. The number of hydrogen-bond acceptors (Lipinski definition) is 4. The van der Waals surface area contributed by atoms with Gasteiger partial charge in [0.2, 0.25) is 0 Å². The maximum Gasteiger partial charge on any atom is 0.252 e. The van der Waals surface area contributed by atoms with Gasteiger partial charge in [0.25, 0.3) is 5.91 Å². The third-order valence-corrected chi connectivity index (χ3v) is 6.08. The Morgan fingerprint density at radius 2 is 2.12 bits per heavy atom. The second-order valence-corrected chi connectivity index (χ2v) is 8.31. The SMILES string of the molecule is CCS(=O)(=O)c1ccccc1C(=O)NC1CCc2nc(C)cn2C1. The number of hydrogen-bond donors (Lipinski definition) is 1. The first-order valence-electron chi connectivity index (χ1n) is 8.06. The lowest BCUT2D eigenvalue weighted by atomic mass is 10.1. The minimum atomic E-state index is -3.44. The lowest BCUT2D eigenvalue weighted by Crippen LogP contribution is -2.41. The lowest BCUT2D eigenvalue weighted by molar-refractivity contribution is 0.0924. The summed E-state index contributed by atoms with van der Waals surface area (Å²) in [5, 5.41) is 2.97. The highest BCUT2D eigenvalue weighted by molar-refractivity contribution is 7.91. The molecule has 6 nitrogen and oxygen atoms in total. The summed E-state index contributed by atoms with van der Waals surface area (Å²) in [4.78, 5) is 17.2. The molecule has 0 radical (unpaired) electrons. The first kappa shape index (κ1) is 16.7. The van der Waals surface area contributed by atoms with E-state index < -0.39 is 9.84 Å². The largest absolute Gasteiger partial charge is 0.347 e. The Bertz CT molecular complexity index is 871. The Kier molecular flexibility index (Phi) is 4.45. The van der Waals surface area contributed by atoms with E-state index in [-0.39, 0.29) is 28.2 Å². The number of sulfone groups is 1. The van der Waals surface area contributed by atoms with E-state index in [9.17, 15) is 13.2 Å². The van der Waals surface area contributed by atoms with Crippen LogP contribution >= 0.6 is 0 Å². The van der Waals surface area contributed by atoms with Crippen LogP contribution in [0.5, 0.6) is 0 Å². The van der Waals surface area contributed by atoms with E-state index in [0.29, 0.717) is 6.54 Å². The van der Waals surface area contributed by atoms with Crippen molar-refractivity contribution in [2.75, 3.05) is 5.75 Å². The van der Waals surface area contributed by atoms with Gasteiger partial charge in [-0.25, -0.2) is 13.4 Å². The van der Waals surface area contributed by atoms with Gasteiger partial charge in [-0.05, 0) is 25.5 Å². The Labute approximate surface area is 141 Å². The topological polar surface area (TPSA) is 81.1 Å². The van der Waals surface area contributed by atoms with Gasteiger partial charge in [0, 0.05) is 25.2 Å². The van der Waals surface area contributed by atoms with Gasteiger partial charge < -0.3 is 9.88 Å². The van der Waals surface area contributed by atoms with Crippen LogP contribution in [0.1, 0.15) is 35.2 Å². The summed E-state index contributed by atoms with van der Waals surface area (Å²) < 4.78 is 26.4. The number of amides is 1. The number of fused-ring (bicyclic) bond motifs is 1. The molecule has 1 atom stereocenters. The van der Waals surface area contributed by atoms with Gasteiger partial charge in [-0.2, -0.15) is 0 Å². The summed E-state index contributed by atoms with van der Waals surface area (Å²) in [5.41, 5.74) is 1.18. The molecule has 1 aromatic heterocycles. The van der Waals surface area contributed by atoms with Gasteiger partial charge in [0.05, 0.1) is 21.9 Å². The third kappa shape index (κ3) is 3.21. The zero-order valence-corrected chi connectivity index (χ0v) is 14.6. The molecule has 1 aliphatic heterocycles. The first-order chi connectivity index (χ1) is 11.4. The number of carbonyl (C=O) groups is 1. The highest BCUT2D eigenvalue weighted by Gasteiger charge is 2.25. The summed E-state index contributed by atoms with van der Waals surface area (Å²) in [7, 11) is -3.44. The molecule has 0 saturated carbocycles. The van der Waals surface area contributed by atoms with E-state index in [1.807, 2.05) is 13.1 Å². The highest BCUT2D eigenvalue weighted by Crippen LogP contribution is 2.19. The van der Waals surface area contributed by atoms with Gasteiger partial charge >= 0.3 is 0 Å². The van der Waals surface area contributed by atoms with Crippen molar-refractivity contribution < 1.29 is 13.2 Å². The monoisotopic (exact) mass is 347 g/mol. The molecule has 0 fully saturated rings. The normalized spacial score (nSPS) is 17.3. The highest BCUT2D eigenvalue weighted by atomic mass is 32.2. The molecule has 0 bridgehead atoms.